The average molecular weight is 353 g/mol. The maximum Gasteiger partial charge on any atom is 0.220 e. The first-order valence-electron chi connectivity index (χ1n) is 7.83. The molecular weight excluding hydrogens is 336 g/mol. The number of hydrogen-bond donors (Lipinski definition) is 2. The van der Waals surface area contributed by atoms with E-state index in [1.807, 2.05) is 6.92 Å². The van der Waals surface area contributed by atoms with Crippen LogP contribution in [0.15, 0.2) is 36.4 Å². The molecule has 5 heteroatoms. The Morgan fingerprint density at radius 2 is 1.92 bits per heavy atom. The molecule has 0 heterocycles. The van der Waals surface area contributed by atoms with Crippen LogP contribution in [0.5, 0.6) is 5.75 Å². The molecule has 126 valence electrons. The molecule has 2 aromatic rings. The number of nitriles is 1. The number of benzene rings is 2. The van der Waals surface area contributed by atoms with Gasteiger partial charge in [0.15, 0.2) is 0 Å². The van der Waals surface area contributed by atoms with Crippen LogP contribution in [-0.4, -0.2) is 17.6 Å². The number of carbonyl (C=O) groups is 1. The summed E-state index contributed by atoms with van der Waals surface area (Å²) in [6, 6.07) is 11.9. The molecule has 0 bridgehead atoms. The van der Waals surface area contributed by atoms with Gasteiger partial charge in [-0.1, -0.05) is 23.4 Å². The highest BCUT2D eigenvalue weighted by Crippen LogP contribution is 2.21. The Labute approximate surface area is 152 Å². The molecule has 0 spiro atoms. The molecule has 0 aliphatic rings. The number of phenols is 1. The van der Waals surface area contributed by atoms with Crippen LogP contribution < -0.4 is 5.32 Å². The maximum absolute atomic E-state index is 11.7. The summed E-state index contributed by atoms with van der Waals surface area (Å²) in [7, 11) is 0. The number of halogens is 1. The monoisotopic (exact) mass is 352 g/mol. The number of nitrogens with one attached hydrogen (secondary N) is 1. The van der Waals surface area contributed by atoms with Gasteiger partial charge in [0.05, 0.1) is 16.7 Å². The predicted octanol–water partition coefficient (Wildman–Crippen LogP) is 3.39. The number of rotatable bonds is 4. The molecule has 0 aliphatic heterocycles. The van der Waals surface area contributed by atoms with Crippen LogP contribution in [0.1, 0.15) is 35.6 Å². The molecule has 0 radical (unpaired) electrons. The average Bonchev–Trinajstić information content (AvgIpc) is 2.60. The fraction of sp³-hybridized carbons (Fsp3) is 0.200. The van der Waals surface area contributed by atoms with Crippen LogP contribution in [0.4, 0.5) is 0 Å². The summed E-state index contributed by atoms with van der Waals surface area (Å²) >= 11 is 6.06. The smallest absolute Gasteiger partial charge is 0.220 e. The lowest BCUT2D eigenvalue weighted by molar-refractivity contribution is -0.120. The van der Waals surface area contributed by atoms with Gasteiger partial charge in [-0.2, -0.15) is 5.26 Å². The molecular formula is C20H17ClN2O2. The van der Waals surface area contributed by atoms with Gasteiger partial charge < -0.3 is 10.4 Å². The lowest BCUT2D eigenvalue weighted by atomic mass is 10.00. The Morgan fingerprint density at radius 1 is 1.20 bits per heavy atom. The molecule has 0 saturated heterocycles. The van der Waals surface area contributed by atoms with Gasteiger partial charge in [-0.05, 0) is 55.3 Å². The number of aryl methyl sites for hydroxylation is 1. The number of amides is 1. The summed E-state index contributed by atoms with van der Waals surface area (Å²) in [5, 5.41) is 21.6. The lowest BCUT2D eigenvalue weighted by Crippen LogP contribution is -2.22. The molecule has 0 aromatic heterocycles. The zero-order valence-electron chi connectivity index (χ0n) is 13.8. The second-order valence-electron chi connectivity index (χ2n) is 5.35. The van der Waals surface area contributed by atoms with Crippen molar-refractivity contribution in [3.05, 3.63) is 63.7 Å². The number of nitrogens with zero attached hydrogens (tertiary/aromatic N) is 1. The summed E-state index contributed by atoms with van der Waals surface area (Å²) in [6.45, 7) is 2.45. The molecule has 2 N–H and O–H groups in total. The fourth-order valence-electron chi connectivity index (χ4n) is 2.27. The van der Waals surface area contributed by atoms with E-state index in [4.69, 9.17) is 16.9 Å². The Bertz CT molecular complexity index is 889. The van der Waals surface area contributed by atoms with Gasteiger partial charge in [-0.25, -0.2) is 0 Å². The Kier molecular flexibility index (Phi) is 6.46. The van der Waals surface area contributed by atoms with Crippen LogP contribution in [0.25, 0.3) is 0 Å². The topological polar surface area (TPSA) is 73.1 Å². The van der Waals surface area contributed by atoms with Crippen molar-refractivity contribution < 1.29 is 9.90 Å². The third kappa shape index (κ3) is 5.28. The van der Waals surface area contributed by atoms with E-state index in [1.54, 1.807) is 24.3 Å². The number of hydrogen-bond acceptors (Lipinski definition) is 3. The van der Waals surface area contributed by atoms with Crippen molar-refractivity contribution >= 4 is 17.5 Å². The minimum Gasteiger partial charge on any atom is -0.508 e. The molecule has 0 atom stereocenters. The van der Waals surface area contributed by atoms with Gasteiger partial charge in [0.25, 0.3) is 0 Å². The molecule has 0 saturated carbocycles. The van der Waals surface area contributed by atoms with Crippen molar-refractivity contribution in [3.63, 3.8) is 0 Å². The summed E-state index contributed by atoms with van der Waals surface area (Å²) in [4.78, 5) is 11.7. The first kappa shape index (κ1) is 18.4. The summed E-state index contributed by atoms with van der Waals surface area (Å²) < 4.78 is 0. The van der Waals surface area contributed by atoms with Gasteiger partial charge >= 0.3 is 0 Å². The van der Waals surface area contributed by atoms with Crippen molar-refractivity contribution in [3.8, 4) is 23.7 Å². The normalized spacial score (nSPS) is 9.64. The highest BCUT2D eigenvalue weighted by atomic mass is 35.5. The Balaban J connectivity index is 2.30. The van der Waals surface area contributed by atoms with Crippen LogP contribution in [0, 0.1) is 23.2 Å². The second kappa shape index (κ2) is 8.78. The van der Waals surface area contributed by atoms with E-state index >= 15 is 0 Å². The van der Waals surface area contributed by atoms with Gasteiger partial charge in [0.1, 0.15) is 5.75 Å². The van der Waals surface area contributed by atoms with Gasteiger partial charge in [-0.15, -0.1) is 0 Å². The zero-order chi connectivity index (χ0) is 18.2. The number of aromatic hydroxyl groups is 1. The second-order valence-corrected chi connectivity index (χ2v) is 5.76. The quantitative estimate of drug-likeness (QED) is 0.828. The van der Waals surface area contributed by atoms with E-state index < -0.39 is 0 Å². The lowest BCUT2D eigenvalue weighted by Gasteiger charge is -2.06. The van der Waals surface area contributed by atoms with Crippen molar-refractivity contribution in [2.75, 3.05) is 6.54 Å². The van der Waals surface area contributed by atoms with E-state index in [0.717, 1.165) is 11.1 Å². The van der Waals surface area contributed by atoms with Crippen molar-refractivity contribution in [1.29, 1.82) is 5.26 Å². The summed E-state index contributed by atoms with van der Waals surface area (Å²) in [5.41, 5.74) is 2.71. The van der Waals surface area contributed by atoms with E-state index in [2.05, 4.69) is 23.2 Å². The first-order valence-corrected chi connectivity index (χ1v) is 8.21. The highest BCUT2D eigenvalue weighted by molar-refractivity contribution is 6.31. The summed E-state index contributed by atoms with van der Waals surface area (Å²) in [5.74, 6) is 6.05. The Hall–Kier alpha value is -2.95. The SMILES string of the molecule is CCNC(=O)CCc1cc(C#N)ccc1C#Cc1ccc(O)cc1Cl. The van der Waals surface area contributed by atoms with Crippen LogP contribution >= 0.6 is 11.6 Å². The van der Waals surface area contributed by atoms with Crippen LogP contribution in [0.3, 0.4) is 0 Å². The van der Waals surface area contributed by atoms with E-state index in [1.165, 1.54) is 12.1 Å². The minimum atomic E-state index is -0.0367. The van der Waals surface area contributed by atoms with Crippen molar-refractivity contribution in [1.82, 2.24) is 5.32 Å². The number of carbonyl (C=O) groups excluding carboxylic acids is 1. The van der Waals surface area contributed by atoms with Crippen molar-refractivity contribution in [2.24, 2.45) is 0 Å². The van der Waals surface area contributed by atoms with E-state index in [-0.39, 0.29) is 11.7 Å². The molecule has 0 fully saturated rings. The largest absolute Gasteiger partial charge is 0.508 e. The standard InChI is InChI=1S/C20H17ClN2O2/c1-2-23-20(25)10-8-17-11-14(13-22)3-4-15(17)5-6-16-7-9-18(24)12-19(16)21/h3-4,7,9,11-12,24H,2,8,10H2,1H3,(H,23,25). The third-order valence-corrected chi connectivity index (χ3v) is 3.83. The Morgan fingerprint density at radius 3 is 2.60 bits per heavy atom. The number of phenolic OH excluding ortho intramolecular Hbond substituents is 1. The predicted molar refractivity (Wildman–Crippen MR) is 97.3 cm³/mol. The van der Waals surface area contributed by atoms with Crippen LogP contribution in [0.2, 0.25) is 5.02 Å². The first-order chi connectivity index (χ1) is 12.0. The molecule has 4 nitrogen and oxygen atoms in total. The molecule has 2 aromatic carbocycles. The fourth-order valence-corrected chi connectivity index (χ4v) is 2.49. The van der Waals surface area contributed by atoms with Crippen LogP contribution in [-0.2, 0) is 11.2 Å². The van der Waals surface area contributed by atoms with E-state index in [0.29, 0.717) is 35.5 Å². The maximum atomic E-state index is 11.7. The third-order valence-electron chi connectivity index (χ3n) is 3.51. The molecule has 0 unspecified atom stereocenters. The highest BCUT2D eigenvalue weighted by Gasteiger charge is 2.06. The molecule has 25 heavy (non-hydrogen) atoms. The molecule has 1 amide bonds. The van der Waals surface area contributed by atoms with Crippen molar-refractivity contribution in [2.45, 2.75) is 19.8 Å². The molecule has 0 aliphatic carbocycles. The molecule has 2 rings (SSSR count). The van der Waals surface area contributed by atoms with Gasteiger partial charge in [0.2, 0.25) is 5.91 Å². The zero-order valence-corrected chi connectivity index (χ0v) is 14.5. The van der Waals surface area contributed by atoms with Gasteiger partial charge in [0, 0.05) is 24.1 Å². The summed E-state index contributed by atoms with van der Waals surface area (Å²) in [6.07, 6.45) is 0.825. The minimum absolute atomic E-state index is 0.0367. The van der Waals surface area contributed by atoms with Gasteiger partial charge in [-0.3, -0.25) is 4.79 Å². The van der Waals surface area contributed by atoms with E-state index in [9.17, 15) is 9.90 Å².